The van der Waals surface area contributed by atoms with Crippen LogP contribution >= 0.6 is 0 Å². The molecule has 27 heavy (non-hydrogen) atoms. The molecule has 6 heteroatoms. The zero-order chi connectivity index (χ0) is 19.5. The molecule has 0 heterocycles. The Morgan fingerprint density at radius 3 is 2.41 bits per heavy atom. The normalized spacial score (nSPS) is 10.5. The van der Waals surface area contributed by atoms with Gasteiger partial charge < -0.3 is 15.0 Å². The van der Waals surface area contributed by atoms with Crippen molar-refractivity contribution in [2.24, 2.45) is 0 Å². The maximum Gasteiger partial charge on any atom is 0.321 e. The molecule has 2 rings (SSSR count). The van der Waals surface area contributed by atoms with E-state index in [1.165, 1.54) is 5.56 Å². The van der Waals surface area contributed by atoms with Crippen LogP contribution in [0.4, 0.5) is 4.79 Å². The molecule has 0 aliphatic carbocycles. The highest BCUT2D eigenvalue weighted by molar-refractivity contribution is 5.94. The molecule has 0 aliphatic rings. The van der Waals surface area contributed by atoms with E-state index in [-0.39, 0.29) is 12.3 Å². The summed E-state index contributed by atoms with van der Waals surface area (Å²) in [5, 5.41) is 5.02. The number of ether oxygens (including phenoxy) is 1. The number of urea groups is 1. The van der Waals surface area contributed by atoms with Gasteiger partial charge in [0.25, 0.3) is 0 Å². The minimum absolute atomic E-state index is 0.250. The minimum Gasteiger partial charge on any atom is -0.492 e. The Morgan fingerprint density at radius 1 is 1.00 bits per heavy atom. The van der Waals surface area contributed by atoms with Crippen molar-refractivity contribution in [3.63, 3.8) is 0 Å². The van der Waals surface area contributed by atoms with Crippen LogP contribution in [0.25, 0.3) is 0 Å². The van der Waals surface area contributed by atoms with Gasteiger partial charge in [-0.2, -0.15) is 0 Å². The van der Waals surface area contributed by atoms with E-state index >= 15 is 0 Å². The molecular formula is C21H27N3O3. The molecule has 0 saturated heterocycles. The minimum atomic E-state index is -0.478. The van der Waals surface area contributed by atoms with Crippen LogP contribution in [-0.2, 0) is 11.3 Å². The van der Waals surface area contributed by atoms with Crippen LogP contribution in [0, 0.1) is 6.92 Å². The number of nitrogens with zero attached hydrogens (tertiary/aromatic N) is 1. The molecule has 0 aliphatic heterocycles. The third-order valence-electron chi connectivity index (χ3n) is 4.03. The first kappa shape index (κ1) is 20.5. The topological polar surface area (TPSA) is 70.7 Å². The number of carbonyl (C=O) groups excluding carboxylic acids is 2. The maximum absolute atomic E-state index is 11.9. The van der Waals surface area contributed by atoms with Crippen molar-refractivity contribution in [1.29, 1.82) is 0 Å². The van der Waals surface area contributed by atoms with Gasteiger partial charge in [0, 0.05) is 26.1 Å². The number of nitrogens with one attached hydrogen (secondary N) is 2. The molecule has 3 amide bonds. The van der Waals surface area contributed by atoms with Gasteiger partial charge in [0.05, 0.1) is 0 Å². The Hall–Kier alpha value is -2.86. The smallest absolute Gasteiger partial charge is 0.321 e. The Kier molecular flexibility index (Phi) is 8.32. The Morgan fingerprint density at radius 2 is 1.70 bits per heavy atom. The number of hydrogen-bond acceptors (Lipinski definition) is 4. The number of likely N-dealkylation sites (N-methyl/N-ethyl adjacent to an activating group) is 1. The van der Waals surface area contributed by atoms with Gasteiger partial charge in [-0.3, -0.25) is 10.1 Å². The SMILES string of the molecule is Cc1ccc(OCCN(C)CCC(=O)NC(=O)NCc2ccccc2)cc1. The zero-order valence-corrected chi connectivity index (χ0v) is 15.9. The van der Waals surface area contributed by atoms with Crippen molar-refractivity contribution in [2.45, 2.75) is 19.9 Å². The van der Waals surface area contributed by atoms with Crippen LogP contribution in [0.1, 0.15) is 17.5 Å². The Balaban J connectivity index is 1.57. The summed E-state index contributed by atoms with van der Waals surface area (Å²) >= 11 is 0. The predicted octanol–water partition coefficient (Wildman–Crippen LogP) is 2.72. The fourth-order valence-corrected chi connectivity index (χ4v) is 2.37. The third kappa shape index (κ3) is 8.37. The number of carbonyl (C=O) groups is 2. The quantitative estimate of drug-likeness (QED) is 0.713. The first-order chi connectivity index (χ1) is 13.0. The molecule has 144 valence electrons. The van der Waals surface area contributed by atoms with Crippen molar-refractivity contribution < 1.29 is 14.3 Å². The van der Waals surface area contributed by atoms with Crippen molar-refractivity contribution in [2.75, 3.05) is 26.7 Å². The van der Waals surface area contributed by atoms with Gasteiger partial charge in [-0.05, 0) is 31.7 Å². The van der Waals surface area contributed by atoms with E-state index in [2.05, 4.69) is 10.6 Å². The number of rotatable bonds is 9. The number of hydrogen-bond donors (Lipinski definition) is 2. The van der Waals surface area contributed by atoms with E-state index in [9.17, 15) is 9.59 Å². The van der Waals surface area contributed by atoms with Crippen LogP contribution in [0.2, 0.25) is 0 Å². The summed E-state index contributed by atoms with van der Waals surface area (Å²) in [7, 11) is 1.92. The summed E-state index contributed by atoms with van der Waals surface area (Å²) < 4.78 is 5.67. The van der Waals surface area contributed by atoms with Gasteiger partial charge >= 0.3 is 6.03 Å². The second-order valence-corrected chi connectivity index (χ2v) is 6.43. The van der Waals surface area contributed by atoms with E-state index < -0.39 is 6.03 Å². The first-order valence-corrected chi connectivity index (χ1v) is 9.02. The fourth-order valence-electron chi connectivity index (χ4n) is 2.37. The van der Waals surface area contributed by atoms with Gasteiger partial charge in [0.2, 0.25) is 5.91 Å². The largest absolute Gasteiger partial charge is 0.492 e. The molecule has 0 saturated carbocycles. The van der Waals surface area contributed by atoms with Gasteiger partial charge in [-0.15, -0.1) is 0 Å². The molecular weight excluding hydrogens is 342 g/mol. The van der Waals surface area contributed by atoms with Crippen molar-refractivity contribution in [3.05, 3.63) is 65.7 Å². The van der Waals surface area contributed by atoms with Gasteiger partial charge in [-0.25, -0.2) is 4.79 Å². The highest BCUT2D eigenvalue weighted by Crippen LogP contribution is 2.11. The monoisotopic (exact) mass is 369 g/mol. The summed E-state index contributed by atoms with van der Waals surface area (Å²) in [6.07, 6.45) is 0.250. The van der Waals surface area contributed by atoms with E-state index in [1.807, 2.05) is 73.5 Å². The molecule has 0 fully saturated rings. The van der Waals surface area contributed by atoms with Crippen LogP contribution in [0.3, 0.4) is 0 Å². The number of benzene rings is 2. The summed E-state index contributed by atoms with van der Waals surface area (Å²) in [6.45, 7) is 4.20. The second-order valence-electron chi connectivity index (χ2n) is 6.43. The highest BCUT2D eigenvalue weighted by Gasteiger charge is 2.09. The number of aryl methyl sites for hydroxylation is 1. The third-order valence-corrected chi connectivity index (χ3v) is 4.03. The predicted molar refractivity (Wildman–Crippen MR) is 106 cm³/mol. The lowest BCUT2D eigenvalue weighted by Crippen LogP contribution is -2.40. The first-order valence-electron chi connectivity index (χ1n) is 9.02. The van der Waals surface area contributed by atoms with Gasteiger partial charge in [0.1, 0.15) is 12.4 Å². The van der Waals surface area contributed by atoms with Crippen molar-refractivity contribution in [1.82, 2.24) is 15.5 Å². The molecule has 2 N–H and O–H groups in total. The average Bonchev–Trinajstić information content (AvgIpc) is 2.67. The van der Waals surface area contributed by atoms with Crippen LogP contribution in [0.5, 0.6) is 5.75 Å². The molecule has 6 nitrogen and oxygen atoms in total. The second kappa shape index (κ2) is 11.0. The standard InChI is InChI=1S/C21H27N3O3/c1-17-8-10-19(11-9-17)27-15-14-24(2)13-12-20(25)23-21(26)22-16-18-6-4-3-5-7-18/h3-11H,12-16H2,1-2H3,(H2,22,23,25,26). The lowest BCUT2D eigenvalue weighted by Gasteiger charge is -2.16. The molecule has 2 aromatic rings. The maximum atomic E-state index is 11.9. The molecule has 0 aromatic heterocycles. The molecule has 0 bridgehead atoms. The van der Waals surface area contributed by atoms with Gasteiger partial charge in [0.15, 0.2) is 0 Å². The summed E-state index contributed by atoms with van der Waals surface area (Å²) in [5.74, 6) is 0.536. The number of amides is 3. The fraction of sp³-hybridized carbons (Fsp3) is 0.333. The molecule has 0 atom stereocenters. The lowest BCUT2D eigenvalue weighted by atomic mass is 10.2. The van der Waals surface area contributed by atoms with Crippen molar-refractivity contribution >= 4 is 11.9 Å². The Bertz CT molecular complexity index is 717. The van der Waals surface area contributed by atoms with E-state index in [0.717, 1.165) is 11.3 Å². The molecule has 0 radical (unpaired) electrons. The van der Waals surface area contributed by atoms with Crippen LogP contribution in [-0.4, -0.2) is 43.6 Å². The highest BCUT2D eigenvalue weighted by atomic mass is 16.5. The summed E-state index contributed by atoms with van der Waals surface area (Å²) in [6, 6.07) is 17.0. The summed E-state index contributed by atoms with van der Waals surface area (Å²) in [4.78, 5) is 25.6. The Labute approximate surface area is 160 Å². The molecule has 0 unspecified atom stereocenters. The van der Waals surface area contributed by atoms with Crippen LogP contribution < -0.4 is 15.4 Å². The van der Waals surface area contributed by atoms with Gasteiger partial charge in [-0.1, -0.05) is 48.0 Å². The summed E-state index contributed by atoms with van der Waals surface area (Å²) in [5.41, 5.74) is 2.17. The molecule has 2 aromatic carbocycles. The van der Waals surface area contributed by atoms with E-state index in [4.69, 9.17) is 4.74 Å². The average molecular weight is 369 g/mol. The lowest BCUT2D eigenvalue weighted by molar-refractivity contribution is -0.120. The molecule has 0 spiro atoms. The van der Waals surface area contributed by atoms with Crippen LogP contribution in [0.15, 0.2) is 54.6 Å². The number of imide groups is 1. The van der Waals surface area contributed by atoms with E-state index in [0.29, 0.717) is 26.2 Å². The van der Waals surface area contributed by atoms with E-state index in [1.54, 1.807) is 0 Å². The zero-order valence-electron chi connectivity index (χ0n) is 15.9. The van der Waals surface area contributed by atoms with Crippen molar-refractivity contribution in [3.8, 4) is 5.75 Å².